The number of pyridine rings is 6. The number of fused-ring (bicyclic) bond motifs is 3. The molecule has 12 rings (SSSR count). The number of nitrogens with one attached hydrogen (secondary N) is 3. The van der Waals surface area contributed by atoms with Crippen molar-refractivity contribution in [3.05, 3.63) is 122 Å². The summed E-state index contributed by atoms with van der Waals surface area (Å²) in [4.78, 5) is 58.2. The molecule has 21 heteroatoms. The lowest BCUT2D eigenvalue weighted by Crippen LogP contribution is -2.53. The van der Waals surface area contributed by atoms with Gasteiger partial charge in [0, 0.05) is 172 Å². The summed E-state index contributed by atoms with van der Waals surface area (Å²) in [5.41, 5.74) is 11.1. The highest BCUT2D eigenvalue weighted by Crippen LogP contribution is 2.40. The third-order valence-corrected chi connectivity index (χ3v) is 18.8. The molecule has 3 saturated heterocycles. The van der Waals surface area contributed by atoms with Crippen LogP contribution in [-0.4, -0.2) is 216 Å². The third-order valence-electron chi connectivity index (χ3n) is 18.8. The Kier molecular flexibility index (Phi) is 21.0. The van der Waals surface area contributed by atoms with Crippen LogP contribution in [0.2, 0.25) is 0 Å². The molecule has 2 atom stereocenters. The van der Waals surface area contributed by atoms with Gasteiger partial charge in [-0.2, -0.15) is 0 Å². The van der Waals surface area contributed by atoms with E-state index in [9.17, 15) is 4.79 Å². The maximum Gasteiger partial charge on any atom is 0.219 e. The van der Waals surface area contributed by atoms with Gasteiger partial charge in [0.15, 0.2) is 23.0 Å². The van der Waals surface area contributed by atoms with E-state index in [1.807, 2.05) is 53.8 Å². The number of hydrogen-bond donors (Lipinski definition) is 3. The number of amides is 1. The van der Waals surface area contributed by atoms with Crippen molar-refractivity contribution >= 4 is 73.1 Å². The van der Waals surface area contributed by atoms with Gasteiger partial charge in [-0.05, 0) is 159 Å². The minimum absolute atomic E-state index is 0.111. The standard InChI is InChI=1S/C74H92N16O5/c1-50(91)87-33-35-88(36-34-87)72-20-17-53(44-78-72)61-40-64(57-37-68(92-6)70(94-8)42-66(57)82-61)77-27-14-30-86(5)49-55-24-32-90(55)74-22-19-54(46-80-74)62-41-65(58-38-69(93-7)71(95-9)43-67(58)83-62)76-26-13-29-85(4)47-51-23-31-89(48-51)73-21-18-52(45-79-73)60-39-63(75-25-12-28-84(2)3)56-15-10-11-16-59(56)81-60/h10-11,15-22,37-46,51,55H,12-14,23-36,47-49H2,1-9H3,(H,75,81)(H,76,83)(H,77,82). The predicted octanol–water partition coefficient (Wildman–Crippen LogP) is 10.9. The van der Waals surface area contributed by atoms with Crippen LogP contribution in [0.5, 0.6) is 23.0 Å². The van der Waals surface area contributed by atoms with Crippen molar-refractivity contribution in [1.29, 1.82) is 0 Å². The van der Waals surface area contributed by atoms with Crippen molar-refractivity contribution < 1.29 is 23.7 Å². The number of benzene rings is 3. The van der Waals surface area contributed by atoms with E-state index in [2.05, 4.69) is 146 Å². The topological polar surface area (TPSA) is 190 Å². The third kappa shape index (κ3) is 15.6. The van der Waals surface area contributed by atoms with Crippen LogP contribution in [0.15, 0.2) is 122 Å². The second-order valence-corrected chi connectivity index (χ2v) is 25.7. The van der Waals surface area contributed by atoms with Crippen LogP contribution in [0, 0.1) is 5.92 Å². The van der Waals surface area contributed by atoms with E-state index in [0.717, 1.165) is 218 Å². The Labute approximate surface area is 558 Å². The van der Waals surface area contributed by atoms with E-state index in [-0.39, 0.29) is 5.91 Å². The molecule has 9 heterocycles. The summed E-state index contributed by atoms with van der Waals surface area (Å²) in [5.74, 6) is 6.11. The number of carbonyl (C=O) groups excluding carboxylic acids is 1. The van der Waals surface area contributed by atoms with Crippen LogP contribution in [0.1, 0.15) is 39.0 Å². The number of piperazine rings is 1. The lowest BCUT2D eigenvalue weighted by molar-refractivity contribution is -0.129. The summed E-state index contributed by atoms with van der Waals surface area (Å²) in [6.07, 6.45) is 11.0. The van der Waals surface area contributed by atoms with E-state index >= 15 is 0 Å². The molecule has 3 fully saturated rings. The molecule has 0 radical (unpaired) electrons. The van der Waals surface area contributed by atoms with Crippen LogP contribution in [0.3, 0.4) is 0 Å². The molecule has 6 aromatic heterocycles. The maximum absolute atomic E-state index is 11.9. The number of aromatic nitrogens is 6. The number of hydrogen-bond acceptors (Lipinski definition) is 20. The average Bonchev–Trinajstić information content (AvgIpc) is 1.23. The highest BCUT2D eigenvalue weighted by atomic mass is 16.5. The monoisotopic (exact) mass is 1280 g/mol. The van der Waals surface area contributed by atoms with Gasteiger partial charge < -0.3 is 69.2 Å². The normalized spacial score (nSPS) is 15.7. The summed E-state index contributed by atoms with van der Waals surface area (Å²) in [5, 5.41) is 14.3. The summed E-state index contributed by atoms with van der Waals surface area (Å²) in [6, 6.07) is 35.8. The second-order valence-electron chi connectivity index (χ2n) is 25.7. The van der Waals surface area contributed by atoms with Gasteiger partial charge in [0.25, 0.3) is 0 Å². The van der Waals surface area contributed by atoms with Gasteiger partial charge in [-0.1, -0.05) is 18.2 Å². The van der Waals surface area contributed by atoms with Gasteiger partial charge in [-0.25, -0.2) is 29.9 Å². The van der Waals surface area contributed by atoms with Gasteiger partial charge >= 0.3 is 0 Å². The fourth-order valence-electron chi connectivity index (χ4n) is 13.4. The van der Waals surface area contributed by atoms with E-state index in [0.29, 0.717) is 48.0 Å². The molecule has 2 unspecified atom stereocenters. The molecule has 3 aliphatic heterocycles. The molecule has 0 saturated carbocycles. The molecule has 3 N–H and O–H groups in total. The first-order valence-corrected chi connectivity index (χ1v) is 33.5. The highest BCUT2D eigenvalue weighted by molar-refractivity contribution is 5.98. The smallest absolute Gasteiger partial charge is 0.219 e. The number of para-hydroxylation sites is 1. The van der Waals surface area contributed by atoms with Gasteiger partial charge in [0.1, 0.15) is 17.5 Å². The lowest BCUT2D eigenvalue weighted by Gasteiger charge is -2.43. The van der Waals surface area contributed by atoms with Crippen LogP contribution < -0.4 is 49.6 Å². The first-order valence-electron chi connectivity index (χ1n) is 33.5. The van der Waals surface area contributed by atoms with Crippen molar-refractivity contribution in [3.63, 3.8) is 0 Å². The number of methoxy groups -OCH3 is 4. The van der Waals surface area contributed by atoms with Gasteiger partial charge in [-0.3, -0.25) is 4.79 Å². The summed E-state index contributed by atoms with van der Waals surface area (Å²) in [6.45, 7) is 14.8. The van der Waals surface area contributed by atoms with Gasteiger partial charge in [-0.15, -0.1) is 0 Å². The molecule has 0 spiro atoms. The largest absolute Gasteiger partial charge is 0.493 e. The summed E-state index contributed by atoms with van der Waals surface area (Å²) < 4.78 is 23.0. The Morgan fingerprint density at radius 3 is 1.45 bits per heavy atom. The van der Waals surface area contributed by atoms with E-state index < -0.39 is 0 Å². The zero-order valence-electron chi connectivity index (χ0n) is 56.7. The minimum atomic E-state index is 0.111. The van der Waals surface area contributed by atoms with Crippen molar-refractivity contribution in [3.8, 4) is 56.8 Å². The predicted molar refractivity (Wildman–Crippen MR) is 385 cm³/mol. The number of anilines is 6. The maximum atomic E-state index is 11.9. The van der Waals surface area contributed by atoms with Crippen LogP contribution in [-0.2, 0) is 4.79 Å². The molecule has 0 aliphatic carbocycles. The van der Waals surface area contributed by atoms with Crippen LogP contribution in [0.4, 0.5) is 34.5 Å². The van der Waals surface area contributed by atoms with Crippen LogP contribution in [0.25, 0.3) is 66.5 Å². The van der Waals surface area contributed by atoms with E-state index in [1.54, 1.807) is 35.4 Å². The zero-order chi connectivity index (χ0) is 66.0. The Balaban J connectivity index is 0.629. The minimum Gasteiger partial charge on any atom is -0.493 e. The Morgan fingerprint density at radius 1 is 0.495 bits per heavy atom. The van der Waals surface area contributed by atoms with Crippen molar-refractivity contribution in [1.82, 2.24) is 49.5 Å². The summed E-state index contributed by atoms with van der Waals surface area (Å²) in [7, 11) is 15.3. The Bertz CT molecular complexity index is 4080. The second kappa shape index (κ2) is 30.4. The lowest BCUT2D eigenvalue weighted by atomic mass is 10.0. The molecule has 21 nitrogen and oxygen atoms in total. The zero-order valence-corrected chi connectivity index (χ0v) is 56.7. The number of rotatable bonds is 29. The van der Waals surface area contributed by atoms with Crippen molar-refractivity contribution in [2.24, 2.45) is 5.92 Å². The molecule has 95 heavy (non-hydrogen) atoms. The molecule has 498 valence electrons. The Hall–Kier alpha value is -9.31. The highest BCUT2D eigenvalue weighted by Gasteiger charge is 2.31. The number of ether oxygens (including phenoxy) is 4. The molecule has 9 aromatic rings. The number of likely N-dealkylation sites (N-methyl/N-ethyl adjacent to an activating group) is 1. The van der Waals surface area contributed by atoms with Crippen molar-refractivity contribution in [2.75, 3.05) is 185 Å². The fraction of sp³-hybridized carbons (Fsp3) is 0.419. The fourth-order valence-corrected chi connectivity index (χ4v) is 13.4. The molecule has 3 aromatic carbocycles. The van der Waals surface area contributed by atoms with Gasteiger partial charge in [0.05, 0.1) is 62.1 Å². The molecular weight excluding hydrogens is 1190 g/mol. The van der Waals surface area contributed by atoms with Gasteiger partial charge in [0.2, 0.25) is 5.91 Å². The number of carbonyl (C=O) groups is 1. The first-order chi connectivity index (χ1) is 46.3. The molecule has 3 aliphatic rings. The van der Waals surface area contributed by atoms with E-state index in [1.165, 1.54) is 0 Å². The molecule has 0 bridgehead atoms. The first kappa shape index (κ1) is 65.7. The molecule has 1 amide bonds. The Morgan fingerprint density at radius 2 is 0.968 bits per heavy atom. The average molecular weight is 1290 g/mol. The number of nitrogens with zero attached hydrogens (tertiary/aromatic N) is 13. The van der Waals surface area contributed by atoms with Crippen molar-refractivity contribution in [2.45, 2.75) is 45.1 Å². The summed E-state index contributed by atoms with van der Waals surface area (Å²) >= 11 is 0. The van der Waals surface area contributed by atoms with E-state index in [4.69, 9.17) is 48.9 Å². The molecular formula is C74H92N16O5. The SMILES string of the molecule is COc1cc2nc(-c3ccc(N4CCC4CN(C)CCCNc4cc(-c5ccc(N6CCN(C(C)=O)CC6)nc5)nc5cc(OC)c(OC)cc45)nc3)cc(NCCCN(C)CC3CCN(c4ccc(-c5cc(NCCCN(C)C)c6ccccc6n5)cn4)C3)c2cc1OC. The van der Waals surface area contributed by atoms with Crippen LogP contribution >= 0.6 is 0 Å². The quantitative estimate of drug-likeness (QED) is 0.0375.